The number of nitrogens with zero attached hydrogens (tertiary/aromatic N) is 2. The summed E-state index contributed by atoms with van der Waals surface area (Å²) in [4.78, 5) is 2.20. The average Bonchev–Trinajstić information content (AvgIpc) is 2.90. The molecule has 0 spiro atoms. The first-order valence-electron chi connectivity index (χ1n) is 7.83. The number of H-pyrrole nitrogens is 1. The SMILES string of the molecule is CN(Cc1n[nH]c2c1CCCCC2)CC1(O)CCNC1. The topological polar surface area (TPSA) is 64.2 Å². The van der Waals surface area contributed by atoms with E-state index in [-0.39, 0.29) is 0 Å². The number of hydrogen-bond acceptors (Lipinski definition) is 4. The molecule has 1 aromatic heterocycles. The molecule has 1 atom stereocenters. The number of hydrogen-bond donors (Lipinski definition) is 3. The number of nitrogens with one attached hydrogen (secondary N) is 2. The molecular formula is C15H26N4O. The van der Waals surface area contributed by atoms with Crippen LogP contribution in [0.15, 0.2) is 0 Å². The van der Waals surface area contributed by atoms with Gasteiger partial charge in [-0.05, 0) is 51.3 Å². The predicted octanol–water partition coefficient (Wildman–Crippen LogP) is 0.835. The maximum atomic E-state index is 10.4. The molecule has 2 aliphatic rings. The zero-order chi connectivity index (χ0) is 14.0. The van der Waals surface area contributed by atoms with E-state index in [0.717, 1.165) is 32.4 Å². The van der Waals surface area contributed by atoms with Crippen LogP contribution < -0.4 is 5.32 Å². The van der Waals surface area contributed by atoms with Gasteiger partial charge in [0.25, 0.3) is 0 Å². The van der Waals surface area contributed by atoms with Crippen LogP contribution in [-0.4, -0.2) is 52.5 Å². The van der Waals surface area contributed by atoms with E-state index in [2.05, 4.69) is 27.5 Å². The van der Waals surface area contributed by atoms with Crippen LogP contribution in [0.3, 0.4) is 0 Å². The second-order valence-corrected chi connectivity index (χ2v) is 6.51. The fourth-order valence-corrected chi connectivity index (χ4v) is 3.54. The number of aryl methyl sites for hydroxylation is 1. The molecule has 0 amide bonds. The summed E-state index contributed by atoms with van der Waals surface area (Å²) in [6, 6.07) is 0. The third-order valence-electron chi connectivity index (χ3n) is 4.60. The van der Waals surface area contributed by atoms with Crippen molar-refractivity contribution in [3.8, 4) is 0 Å². The van der Waals surface area contributed by atoms with Crippen LogP contribution in [0.4, 0.5) is 0 Å². The van der Waals surface area contributed by atoms with Crippen LogP contribution in [0.25, 0.3) is 0 Å². The van der Waals surface area contributed by atoms with Crippen molar-refractivity contribution in [2.75, 3.05) is 26.7 Å². The Morgan fingerprint density at radius 2 is 2.15 bits per heavy atom. The van der Waals surface area contributed by atoms with Gasteiger partial charge >= 0.3 is 0 Å². The maximum absolute atomic E-state index is 10.4. The molecule has 0 aromatic carbocycles. The van der Waals surface area contributed by atoms with Crippen LogP contribution >= 0.6 is 0 Å². The summed E-state index contributed by atoms with van der Waals surface area (Å²) in [5, 5.41) is 21.4. The van der Waals surface area contributed by atoms with E-state index in [1.54, 1.807) is 0 Å². The van der Waals surface area contributed by atoms with E-state index in [9.17, 15) is 5.11 Å². The van der Waals surface area contributed by atoms with E-state index in [1.807, 2.05) is 0 Å². The molecule has 0 radical (unpaired) electrons. The van der Waals surface area contributed by atoms with Crippen LogP contribution in [0.1, 0.15) is 42.6 Å². The predicted molar refractivity (Wildman–Crippen MR) is 78.6 cm³/mol. The molecule has 0 bridgehead atoms. The van der Waals surface area contributed by atoms with Gasteiger partial charge in [0.15, 0.2) is 0 Å². The minimum absolute atomic E-state index is 0.567. The fraction of sp³-hybridized carbons (Fsp3) is 0.800. The largest absolute Gasteiger partial charge is 0.387 e. The number of β-amino-alcohol motifs (C(OH)–C–C–N with tert-alkyl or cyclic N) is 1. The Kier molecular flexibility index (Phi) is 4.10. The van der Waals surface area contributed by atoms with Crippen LogP contribution in [0, 0.1) is 0 Å². The normalized spacial score (nSPS) is 26.8. The summed E-state index contributed by atoms with van der Waals surface area (Å²) in [5.74, 6) is 0. The van der Waals surface area contributed by atoms with Gasteiger partial charge in [-0.15, -0.1) is 0 Å². The first-order valence-corrected chi connectivity index (χ1v) is 7.83. The van der Waals surface area contributed by atoms with E-state index >= 15 is 0 Å². The smallest absolute Gasteiger partial charge is 0.0909 e. The van der Waals surface area contributed by atoms with Gasteiger partial charge in [-0.3, -0.25) is 10.00 Å². The van der Waals surface area contributed by atoms with Crippen molar-refractivity contribution in [2.45, 2.75) is 50.7 Å². The lowest BCUT2D eigenvalue weighted by Crippen LogP contribution is -2.43. The second-order valence-electron chi connectivity index (χ2n) is 6.51. The Balaban J connectivity index is 1.64. The number of likely N-dealkylation sites (N-methyl/N-ethyl adjacent to an activating group) is 1. The average molecular weight is 278 g/mol. The molecule has 1 fully saturated rings. The maximum Gasteiger partial charge on any atom is 0.0909 e. The van der Waals surface area contributed by atoms with Crippen molar-refractivity contribution in [2.24, 2.45) is 0 Å². The first kappa shape index (κ1) is 14.0. The highest BCUT2D eigenvalue weighted by molar-refractivity contribution is 5.26. The van der Waals surface area contributed by atoms with E-state index < -0.39 is 5.60 Å². The molecule has 112 valence electrons. The third kappa shape index (κ3) is 3.05. The van der Waals surface area contributed by atoms with Crippen LogP contribution in [0.2, 0.25) is 0 Å². The molecule has 1 saturated heterocycles. The van der Waals surface area contributed by atoms with Gasteiger partial charge in [0, 0.05) is 25.3 Å². The molecule has 1 unspecified atom stereocenters. The van der Waals surface area contributed by atoms with Crippen molar-refractivity contribution < 1.29 is 5.11 Å². The Morgan fingerprint density at radius 1 is 1.30 bits per heavy atom. The quantitative estimate of drug-likeness (QED) is 0.714. The Morgan fingerprint density at radius 3 is 2.95 bits per heavy atom. The molecule has 0 saturated carbocycles. The second kappa shape index (κ2) is 5.84. The lowest BCUT2D eigenvalue weighted by Gasteiger charge is -2.27. The number of aliphatic hydroxyl groups is 1. The summed E-state index contributed by atoms with van der Waals surface area (Å²) < 4.78 is 0. The molecule has 1 aromatic rings. The first-order chi connectivity index (χ1) is 9.66. The summed E-state index contributed by atoms with van der Waals surface area (Å²) in [6.45, 7) is 3.16. The molecule has 3 N–H and O–H groups in total. The van der Waals surface area contributed by atoms with Gasteiger partial charge < -0.3 is 10.4 Å². The Bertz CT molecular complexity index is 451. The van der Waals surface area contributed by atoms with Crippen molar-refractivity contribution in [3.63, 3.8) is 0 Å². The highest BCUT2D eigenvalue weighted by Gasteiger charge is 2.32. The van der Waals surface area contributed by atoms with Crippen LogP contribution in [0.5, 0.6) is 0 Å². The van der Waals surface area contributed by atoms with Crippen molar-refractivity contribution in [1.82, 2.24) is 20.4 Å². The highest BCUT2D eigenvalue weighted by atomic mass is 16.3. The molecule has 5 heteroatoms. The lowest BCUT2D eigenvalue weighted by molar-refractivity contribution is 0.0260. The standard InChI is InChI=1S/C15H26N4O/c1-19(11-15(20)7-8-16-10-15)9-14-12-5-3-2-4-6-13(12)17-18-14/h16,20H,2-11H2,1H3,(H,17,18). The molecule has 1 aliphatic carbocycles. The van der Waals surface area contributed by atoms with Gasteiger partial charge in [0.05, 0.1) is 11.3 Å². The Hall–Kier alpha value is -0.910. The number of aromatic nitrogens is 2. The third-order valence-corrected chi connectivity index (χ3v) is 4.60. The lowest BCUT2D eigenvalue weighted by atomic mass is 10.0. The van der Waals surface area contributed by atoms with Crippen molar-refractivity contribution in [3.05, 3.63) is 17.0 Å². The van der Waals surface area contributed by atoms with E-state index in [4.69, 9.17) is 0 Å². The number of fused-ring (bicyclic) bond motifs is 1. The zero-order valence-electron chi connectivity index (χ0n) is 12.4. The highest BCUT2D eigenvalue weighted by Crippen LogP contribution is 2.23. The zero-order valence-corrected chi connectivity index (χ0v) is 12.4. The van der Waals surface area contributed by atoms with Gasteiger partial charge in [0.2, 0.25) is 0 Å². The summed E-state index contributed by atoms with van der Waals surface area (Å²) in [7, 11) is 2.08. The molecule has 3 rings (SSSR count). The fourth-order valence-electron chi connectivity index (χ4n) is 3.54. The molecular weight excluding hydrogens is 252 g/mol. The van der Waals surface area contributed by atoms with Crippen molar-refractivity contribution in [1.29, 1.82) is 0 Å². The molecule has 2 heterocycles. The summed E-state index contributed by atoms with van der Waals surface area (Å²) in [5.41, 5.74) is 3.39. The Labute approximate surface area is 120 Å². The van der Waals surface area contributed by atoms with Gasteiger partial charge in [-0.2, -0.15) is 5.10 Å². The minimum atomic E-state index is -0.567. The summed E-state index contributed by atoms with van der Waals surface area (Å²) >= 11 is 0. The summed E-state index contributed by atoms with van der Waals surface area (Å²) in [6.07, 6.45) is 7.01. The number of aromatic amines is 1. The van der Waals surface area contributed by atoms with Gasteiger partial charge in [-0.1, -0.05) is 6.42 Å². The van der Waals surface area contributed by atoms with Gasteiger partial charge in [-0.25, -0.2) is 0 Å². The van der Waals surface area contributed by atoms with E-state index in [0.29, 0.717) is 13.1 Å². The minimum Gasteiger partial charge on any atom is -0.387 e. The van der Waals surface area contributed by atoms with Crippen LogP contribution in [-0.2, 0) is 19.4 Å². The van der Waals surface area contributed by atoms with Crippen molar-refractivity contribution >= 4 is 0 Å². The molecule has 1 aliphatic heterocycles. The van der Waals surface area contributed by atoms with E-state index in [1.165, 1.54) is 36.2 Å². The van der Waals surface area contributed by atoms with Gasteiger partial charge in [0.1, 0.15) is 0 Å². The molecule has 20 heavy (non-hydrogen) atoms. The number of rotatable bonds is 4. The molecule has 5 nitrogen and oxygen atoms in total. The monoisotopic (exact) mass is 278 g/mol.